The van der Waals surface area contributed by atoms with Gasteiger partial charge in [0.2, 0.25) is 5.95 Å². The minimum absolute atomic E-state index is 0.268. The molecular formula is C12H11N3O2. The molecule has 0 radical (unpaired) electrons. The quantitative estimate of drug-likeness (QED) is 0.870. The molecule has 0 saturated carbocycles. The molecule has 2 aromatic rings. The van der Waals surface area contributed by atoms with Crippen molar-refractivity contribution in [3.8, 4) is 5.75 Å². The number of nitrogens with one attached hydrogen (secondary N) is 1. The SMILES string of the molecule is COc1cccc(C(=O)Nc2ncccn2)c1. The third kappa shape index (κ3) is 2.78. The Hall–Kier alpha value is -2.43. The normalized spacial score (nSPS) is 9.71. The summed E-state index contributed by atoms with van der Waals surface area (Å²) < 4.78 is 5.04. The van der Waals surface area contributed by atoms with Gasteiger partial charge in [-0.1, -0.05) is 6.07 Å². The minimum atomic E-state index is -0.268. The van der Waals surface area contributed by atoms with Crippen LogP contribution in [0.2, 0.25) is 0 Å². The van der Waals surface area contributed by atoms with Crippen LogP contribution in [0.1, 0.15) is 10.4 Å². The van der Waals surface area contributed by atoms with E-state index in [0.717, 1.165) is 0 Å². The van der Waals surface area contributed by atoms with Crippen LogP contribution in [0.25, 0.3) is 0 Å². The van der Waals surface area contributed by atoms with Crippen LogP contribution in [0.5, 0.6) is 5.75 Å². The van der Waals surface area contributed by atoms with Crippen LogP contribution in [0, 0.1) is 0 Å². The molecule has 5 nitrogen and oxygen atoms in total. The molecule has 1 aromatic heterocycles. The summed E-state index contributed by atoms with van der Waals surface area (Å²) in [4.78, 5) is 19.7. The lowest BCUT2D eigenvalue weighted by Crippen LogP contribution is -2.13. The Morgan fingerprint density at radius 2 is 2.00 bits per heavy atom. The first-order valence-electron chi connectivity index (χ1n) is 5.02. The van der Waals surface area contributed by atoms with Crippen molar-refractivity contribution in [3.63, 3.8) is 0 Å². The third-order valence-electron chi connectivity index (χ3n) is 2.12. The number of carbonyl (C=O) groups is 1. The average molecular weight is 229 g/mol. The van der Waals surface area contributed by atoms with Gasteiger partial charge in [0.15, 0.2) is 0 Å². The van der Waals surface area contributed by atoms with Gasteiger partial charge >= 0.3 is 0 Å². The molecular weight excluding hydrogens is 218 g/mol. The van der Waals surface area contributed by atoms with E-state index in [9.17, 15) is 4.79 Å². The first kappa shape index (κ1) is 11.1. The Labute approximate surface area is 98.5 Å². The lowest BCUT2D eigenvalue weighted by molar-refractivity contribution is 0.102. The van der Waals surface area contributed by atoms with Gasteiger partial charge in [-0.25, -0.2) is 9.97 Å². The Kier molecular flexibility index (Phi) is 3.30. The van der Waals surface area contributed by atoms with Crippen LogP contribution >= 0.6 is 0 Å². The summed E-state index contributed by atoms with van der Waals surface area (Å²) in [5.41, 5.74) is 0.497. The van der Waals surface area contributed by atoms with Crippen LogP contribution in [-0.2, 0) is 0 Å². The molecule has 0 saturated heterocycles. The maximum Gasteiger partial charge on any atom is 0.258 e. The first-order chi connectivity index (χ1) is 8.29. The van der Waals surface area contributed by atoms with E-state index in [1.54, 1.807) is 49.8 Å². The highest BCUT2D eigenvalue weighted by atomic mass is 16.5. The second-order valence-electron chi connectivity index (χ2n) is 3.26. The lowest BCUT2D eigenvalue weighted by atomic mass is 10.2. The van der Waals surface area contributed by atoms with Crippen LogP contribution in [-0.4, -0.2) is 23.0 Å². The van der Waals surface area contributed by atoms with Gasteiger partial charge in [-0.05, 0) is 24.3 Å². The van der Waals surface area contributed by atoms with E-state index >= 15 is 0 Å². The summed E-state index contributed by atoms with van der Waals surface area (Å²) in [7, 11) is 1.55. The summed E-state index contributed by atoms with van der Waals surface area (Å²) in [5, 5.41) is 2.59. The minimum Gasteiger partial charge on any atom is -0.497 e. The molecule has 0 aliphatic heterocycles. The van der Waals surface area contributed by atoms with E-state index in [0.29, 0.717) is 11.3 Å². The fourth-order valence-electron chi connectivity index (χ4n) is 1.30. The Morgan fingerprint density at radius 1 is 1.24 bits per heavy atom. The van der Waals surface area contributed by atoms with Gasteiger partial charge in [-0.3, -0.25) is 10.1 Å². The zero-order chi connectivity index (χ0) is 12.1. The molecule has 1 N–H and O–H groups in total. The molecule has 1 amide bonds. The zero-order valence-electron chi connectivity index (χ0n) is 9.25. The molecule has 0 unspecified atom stereocenters. The van der Waals surface area contributed by atoms with Crippen LogP contribution < -0.4 is 10.1 Å². The van der Waals surface area contributed by atoms with Crippen molar-refractivity contribution in [2.24, 2.45) is 0 Å². The van der Waals surface area contributed by atoms with Gasteiger partial charge in [0, 0.05) is 18.0 Å². The predicted molar refractivity (Wildman–Crippen MR) is 63.0 cm³/mol. The molecule has 0 fully saturated rings. The second-order valence-corrected chi connectivity index (χ2v) is 3.26. The van der Waals surface area contributed by atoms with Crippen molar-refractivity contribution < 1.29 is 9.53 Å². The van der Waals surface area contributed by atoms with Crippen LogP contribution in [0.15, 0.2) is 42.7 Å². The largest absolute Gasteiger partial charge is 0.497 e. The highest BCUT2D eigenvalue weighted by Gasteiger charge is 2.07. The maximum absolute atomic E-state index is 11.8. The summed E-state index contributed by atoms with van der Waals surface area (Å²) in [6, 6.07) is 8.55. The molecule has 1 heterocycles. The predicted octanol–water partition coefficient (Wildman–Crippen LogP) is 1.74. The van der Waals surface area contributed by atoms with E-state index in [-0.39, 0.29) is 11.9 Å². The topological polar surface area (TPSA) is 64.1 Å². The number of benzene rings is 1. The van der Waals surface area contributed by atoms with E-state index in [4.69, 9.17) is 4.74 Å². The standard InChI is InChI=1S/C12H11N3O2/c1-17-10-5-2-4-9(8-10)11(16)15-12-13-6-3-7-14-12/h2-8H,1H3,(H,13,14,15,16). The summed E-state index contributed by atoms with van der Waals surface area (Å²) >= 11 is 0. The second kappa shape index (κ2) is 5.07. The molecule has 2 rings (SSSR count). The van der Waals surface area contributed by atoms with Gasteiger partial charge in [-0.15, -0.1) is 0 Å². The van der Waals surface area contributed by atoms with Crippen molar-refractivity contribution in [2.75, 3.05) is 12.4 Å². The summed E-state index contributed by atoms with van der Waals surface area (Å²) in [6.07, 6.45) is 3.13. The molecule has 0 aliphatic carbocycles. The maximum atomic E-state index is 11.8. The summed E-state index contributed by atoms with van der Waals surface area (Å²) in [5.74, 6) is 0.641. The van der Waals surface area contributed by atoms with E-state index in [1.165, 1.54) is 0 Å². The number of amides is 1. The molecule has 5 heteroatoms. The number of nitrogens with zero attached hydrogens (tertiary/aromatic N) is 2. The molecule has 86 valence electrons. The molecule has 0 spiro atoms. The number of hydrogen-bond acceptors (Lipinski definition) is 4. The van der Waals surface area contributed by atoms with Crippen molar-refractivity contribution in [1.82, 2.24) is 9.97 Å². The van der Waals surface area contributed by atoms with Crippen molar-refractivity contribution in [2.45, 2.75) is 0 Å². The van der Waals surface area contributed by atoms with Gasteiger partial charge in [-0.2, -0.15) is 0 Å². The van der Waals surface area contributed by atoms with Crippen LogP contribution in [0.4, 0.5) is 5.95 Å². The van der Waals surface area contributed by atoms with Gasteiger partial charge < -0.3 is 4.74 Å². The molecule has 17 heavy (non-hydrogen) atoms. The van der Waals surface area contributed by atoms with Crippen molar-refractivity contribution in [1.29, 1.82) is 0 Å². The van der Waals surface area contributed by atoms with E-state index in [2.05, 4.69) is 15.3 Å². The Bertz CT molecular complexity index is 514. The highest BCUT2D eigenvalue weighted by Crippen LogP contribution is 2.13. The third-order valence-corrected chi connectivity index (χ3v) is 2.12. The van der Waals surface area contributed by atoms with E-state index in [1.807, 2.05) is 0 Å². The van der Waals surface area contributed by atoms with Gasteiger partial charge in [0.1, 0.15) is 5.75 Å². The number of methoxy groups -OCH3 is 1. The van der Waals surface area contributed by atoms with Crippen LogP contribution in [0.3, 0.4) is 0 Å². The number of carbonyl (C=O) groups excluding carboxylic acids is 1. The smallest absolute Gasteiger partial charge is 0.258 e. The first-order valence-corrected chi connectivity index (χ1v) is 5.02. The van der Waals surface area contributed by atoms with Crippen molar-refractivity contribution >= 4 is 11.9 Å². The number of rotatable bonds is 3. The fourth-order valence-corrected chi connectivity index (χ4v) is 1.30. The average Bonchev–Trinajstić information content (AvgIpc) is 2.40. The fraction of sp³-hybridized carbons (Fsp3) is 0.0833. The van der Waals surface area contributed by atoms with Crippen molar-refractivity contribution in [3.05, 3.63) is 48.3 Å². The van der Waals surface area contributed by atoms with E-state index < -0.39 is 0 Å². The Balaban J connectivity index is 2.14. The number of ether oxygens (including phenoxy) is 1. The Morgan fingerprint density at radius 3 is 2.71 bits per heavy atom. The number of aromatic nitrogens is 2. The monoisotopic (exact) mass is 229 g/mol. The zero-order valence-corrected chi connectivity index (χ0v) is 9.25. The summed E-state index contributed by atoms with van der Waals surface area (Å²) in [6.45, 7) is 0. The lowest BCUT2D eigenvalue weighted by Gasteiger charge is -2.04. The molecule has 0 atom stereocenters. The van der Waals surface area contributed by atoms with Gasteiger partial charge in [0.05, 0.1) is 7.11 Å². The number of hydrogen-bond donors (Lipinski definition) is 1. The molecule has 0 bridgehead atoms. The molecule has 1 aromatic carbocycles. The molecule has 0 aliphatic rings. The van der Waals surface area contributed by atoms with Gasteiger partial charge in [0.25, 0.3) is 5.91 Å². The number of anilines is 1. The highest BCUT2D eigenvalue weighted by molar-refractivity contribution is 6.03.